The van der Waals surface area contributed by atoms with E-state index in [9.17, 15) is 19.2 Å². The molecule has 0 spiro atoms. The number of carbonyl (C=O) groups excluding carboxylic acids is 4. The highest BCUT2D eigenvalue weighted by Crippen LogP contribution is 2.20. The third-order valence-corrected chi connectivity index (χ3v) is 3.60. The van der Waals surface area contributed by atoms with E-state index in [2.05, 4.69) is 19.7 Å². The van der Waals surface area contributed by atoms with E-state index >= 15 is 0 Å². The molecule has 0 unspecified atom stereocenters. The van der Waals surface area contributed by atoms with Gasteiger partial charge in [0.1, 0.15) is 0 Å². The van der Waals surface area contributed by atoms with E-state index in [0.717, 1.165) is 4.90 Å². The molecule has 0 radical (unpaired) electrons. The number of nitrogens with one attached hydrogen (secondary N) is 2. The first-order chi connectivity index (χ1) is 12.9. The lowest BCUT2D eigenvalue weighted by atomic mass is 10.2. The normalized spacial score (nSPS) is 10.5. The van der Waals surface area contributed by atoms with Gasteiger partial charge in [0, 0.05) is 4.90 Å². The Morgan fingerprint density at radius 1 is 0.963 bits per heavy atom. The van der Waals surface area contributed by atoms with Crippen molar-refractivity contribution in [2.45, 2.75) is 24.8 Å². The number of amides is 4. The highest BCUT2D eigenvalue weighted by Gasteiger charge is 2.30. The van der Waals surface area contributed by atoms with Gasteiger partial charge in [-0.05, 0) is 44.4 Å². The zero-order chi connectivity index (χ0) is 20.2. The summed E-state index contributed by atoms with van der Waals surface area (Å²) in [5.74, 6) is -2.19. The Balaban J connectivity index is 2.95. The van der Waals surface area contributed by atoms with Gasteiger partial charge in [-0.25, -0.2) is 9.59 Å². The number of benzene rings is 1. The molecule has 0 bridgehead atoms. The van der Waals surface area contributed by atoms with Crippen LogP contribution in [0.5, 0.6) is 0 Å². The molecule has 146 valence electrons. The molecule has 11 heteroatoms. The lowest BCUT2D eigenvalue weighted by Gasteiger charge is -2.11. The van der Waals surface area contributed by atoms with E-state index in [4.69, 9.17) is 0 Å². The van der Waals surface area contributed by atoms with Crippen LogP contribution in [0.1, 0.15) is 13.8 Å². The highest BCUT2D eigenvalue weighted by atomic mass is 32.2. The van der Waals surface area contributed by atoms with Crippen LogP contribution in [0.25, 0.3) is 0 Å². The minimum Gasteiger partial charge on any atom is -0.450 e. The molecule has 2 N–H and O–H groups in total. The standard InChI is InChI=1S/C16H20N4O6S/c1-4-25-15(23)17-13(21)12(14(22)18-16(24)26-5-2)20-19-10-6-8-11(27-3)9-7-10/h6-9,12H,4-5H2,1-3H3,(H,17,21,23)(H,18,22,24). The van der Waals surface area contributed by atoms with Gasteiger partial charge in [-0.3, -0.25) is 20.2 Å². The van der Waals surface area contributed by atoms with Gasteiger partial charge in [0.05, 0.1) is 18.9 Å². The molecular weight excluding hydrogens is 376 g/mol. The van der Waals surface area contributed by atoms with Crippen LogP contribution >= 0.6 is 11.8 Å². The Bertz CT molecular complexity index is 675. The Labute approximate surface area is 160 Å². The van der Waals surface area contributed by atoms with Crippen LogP contribution < -0.4 is 10.6 Å². The van der Waals surface area contributed by atoms with Crippen molar-refractivity contribution in [3.8, 4) is 0 Å². The van der Waals surface area contributed by atoms with Crippen LogP contribution in [0.4, 0.5) is 15.3 Å². The molecular formula is C16H20N4O6S. The predicted octanol–water partition coefficient (Wildman–Crippen LogP) is 2.41. The third-order valence-electron chi connectivity index (χ3n) is 2.86. The van der Waals surface area contributed by atoms with Gasteiger partial charge >= 0.3 is 12.2 Å². The van der Waals surface area contributed by atoms with Gasteiger partial charge in [0.15, 0.2) is 0 Å². The molecule has 1 aromatic rings. The van der Waals surface area contributed by atoms with Crippen molar-refractivity contribution in [1.82, 2.24) is 10.6 Å². The lowest BCUT2D eigenvalue weighted by Crippen LogP contribution is -2.48. The molecule has 10 nitrogen and oxygen atoms in total. The van der Waals surface area contributed by atoms with Gasteiger partial charge in [-0.1, -0.05) is 0 Å². The van der Waals surface area contributed by atoms with Crippen molar-refractivity contribution in [3.63, 3.8) is 0 Å². The summed E-state index contributed by atoms with van der Waals surface area (Å²) in [7, 11) is 0. The van der Waals surface area contributed by atoms with E-state index in [-0.39, 0.29) is 13.2 Å². The predicted molar refractivity (Wildman–Crippen MR) is 96.9 cm³/mol. The summed E-state index contributed by atoms with van der Waals surface area (Å²) >= 11 is 1.53. The van der Waals surface area contributed by atoms with Crippen LogP contribution in [0.3, 0.4) is 0 Å². The SMILES string of the molecule is CCOC(=O)NC(=O)C(N=Nc1ccc(SC)cc1)C(=O)NC(=O)OCC. The minimum absolute atomic E-state index is 0.0299. The zero-order valence-corrected chi connectivity index (χ0v) is 15.9. The van der Waals surface area contributed by atoms with E-state index < -0.39 is 30.0 Å². The fraction of sp³-hybridized carbons (Fsp3) is 0.375. The number of imide groups is 2. The lowest BCUT2D eigenvalue weighted by molar-refractivity contribution is -0.130. The van der Waals surface area contributed by atoms with Gasteiger partial charge in [-0.15, -0.1) is 11.8 Å². The maximum absolute atomic E-state index is 12.1. The van der Waals surface area contributed by atoms with Crippen molar-refractivity contribution in [2.75, 3.05) is 19.5 Å². The first-order valence-electron chi connectivity index (χ1n) is 7.91. The first kappa shape index (κ1) is 22.1. The van der Waals surface area contributed by atoms with Crippen molar-refractivity contribution < 1.29 is 28.7 Å². The Hall–Kier alpha value is -2.95. The van der Waals surface area contributed by atoms with Crippen LogP contribution in [0.2, 0.25) is 0 Å². The second-order valence-corrected chi connectivity index (χ2v) is 5.62. The summed E-state index contributed by atoms with van der Waals surface area (Å²) in [4.78, 5) is 48.1. The highest BCUT2D eigenvalue weighted by molar-refractivity contribution is 7.98. The molecule has 0 saturated heterocycles. The average Bonchev–Trinajstić information content (AvgIpc) is 2.62. The average molecular weight is 396 g/mol. The fourth-order valence-corrected chi connectivity index (χ4v) is 2.08. The number of thioether (sulfide) groups is 1. The molecule has 4 amide bonds. The number of nitrogens with zero attached hydrogens (tertiary/aromatic N) is 2. The maximum Gasteiger partial charge on any atom is 0.413 e. The van der Waals surface area contributed by atoms with E-state index in [0.29, 0.717) is 5.69 Å². The summed E-state index contributed by atoms with van der Waals surface area (Å²) in [6.07, 6.45) is -0.182. The Morgan fingerprint density at radius 2 is 1.44 bits per heavy atom. The van der Waals surface area contributed by atoms with Crippen molar-refractivity contribution in [3.05, 3.63) is 24.3 Å². The van der Waals surface area contributed by atoms with Gasteiger partial charge < -0.3 is 9.47 Å². The Morgan fingerprint density at radius 3 is 1.85 bits per heavy atom. The molecule has 0 aliphatic rings. The summed E-state index contributed by atoms with van der Waals surface area (Å²) in [6.45, 7) is 3.16. The number of ether oxygens (including phenoxy) is 2. The quantitative estimate of drug-likeness (QED) is 0.410. The summed E-state index contributed by atoms with van der Waals surface area (Å²) in [5, 5.41) is 11.2. The van der Waals surface area contributed by atoms with E-state index in [1.165, 1.54) is 11.8 Å². The number of azo groups is 1. The van der Waals surface area contributed by atoms with Crippen molar-refractivity contribution in [1.29, 1.82) is 0 Å². The fourth-order valence-electron chi connectivity index (χ4n) is 1.67. The minimum atomic E-state index is -1.79. The first-order valence-corrected chi connectivity index (χ1v) is 9.13. The topological polar surface area (TPSA) is 136 Å². The van der Waals surface area contributed by atoms with Crippen LogP contribution in [0.15, 0.2) is 39.4 Å². The van der Waals surface area contributed by atoms with E-state index in [1.54, 1.807) is 38.1 Å². The van der Waals surface area contributed by atoms with Crippen LogP contribution in [-0.4, -0.2) is 49.5 Å². The van der Waals surface area contributed by atoms with Crippen molar-refractivity contribution >= 4 is 41.5 Å². The number of hydrogen-bond donors (Lipinski definition) is 2. The second-order valence-electron chi connectivity index (χ2n) is 4.74. The van der Waals surface area contributed by atoms with Gasteiger partial charge in [0.25, 0.3) is 11.8 Å². The molecule has 0 atom stereocenters. The monoisotopic (exact) mass is 396 g/mol. The number of hydrogen-bond acceptors (Lipinski definition) is 9. The number of rotatable bonds is 7. The molecule has 27 heavy (non-hydrogen) atoms. The largest absolute Gasteiger partial charge is 0.450 e. The van der Waals surface area contributed by atoms with Crippen molar-refractivity contribution in [2.24, 2.45) is 10.2 Å². The number of carbonyl (C=O) groups is 4. The third kappa shape index (κ3) is 7.86. The molecule has 0 saturated carbocycles. The molecule has 0 aliphatic carbocycles. The summed E-state index contributed by atoms with van der Waals surface area (Å²) in [5.41, 5.74) is 0.380. The summed E-state index contributed by atoms with van der Waals surface area (Å²) in [6, 6.07) is 5.05. The number of alkyl carbamates (subject to hydrolysis) is 2. The molecule has 0 aliphatic heterocycles. The van der Waals surface area contributed by atoms with E-state index in [1.807, 2.05) is 16.9 Å². The smallest absolute Gasteiger partial charge is 0.413 e. The molecule has 0 heterocycles. The summed E-state index contributed by atoms with van der Waals surface area (Å²) < 4.78 is 9.16. The molecule has 1 rings (SSSR count). The zero-order valence-electron chi connectivity index (χ0n) is 15.1. The molecule has 0 fully saturated rings. The maximum atomic E-state index is 12.1. The van der Waals surface area contributed by atoms with Crippen LogP contribution in [0, 0.1) is 0 Å². The molecule has 0 aromatic heterocycles. The van der Waals surface area contributed by atoms with Gasteiger partial charge in [-0.2, -0.15) is 10.2 Å². The van der Waals surface area contributed by atoms with Gasteiger partial charge in [0.2, 0.25) is 6.04 Å². The van der Waals surface area contributed by atoms with Crippen LogP contribution in [-0.2, 0) is 19.1 Å². The molecule has 1 aromatic carbocycles. The second kappa shape index (κ2) is 11.6. The Kier molecular flexibility index (Phi) is 9.51.